The van der Waals surface area contributed by atoms with Gasteiger partial charge in [-0.3, -0.25) is 0 Å². The van der Waals surface area contributed by atoms with Crippen LogP contribution in [0.3, 0.4) is 0 Å². The summed E-state index contributed by atoms with van der Waals surface area (Å²) in [5, 5.41) is 3.21. The van der Waals surface area contributed by atoms with E-state index in [4.69, 9.17) is 4.98 Å². The van der Waals surface area contributed by atoms with E-state index in [-0.39, 0.29) is 0 Å². The number of imidazole rings is 1. The van der Waals surface area contributed by atoms with Gasteiger partial charge in [0.15, 0.2) is 0 Å². The predicted molar refractivity (Wildman–Crippen MR) is 61.9 cm³/mol. The maximum atomic E-state index is 4.77. The number of hydrogen-bond acceptors (Lipinski definition) is 2. The third kappa shape index (κ3) is 2.07. The third-order valence-electron chi connectivity index (χ3n) is 3.10. The minimum Gasteiger partial charge on any atom is -0.332 e. The van der Waals surface area contributed by atoms with Gasteiger partial charge < -0.3 is 9.88 Å². The van der Waals surface area contributed by atoms with E-state index in [0.29, 0.717) is 0 Å². The Hall–Kier alpha value is -0.830. The van der Waals surface area contributed by atoms with Gasteiger partial charge >= 0.3 is 0 Å². The summed E-state index contributed by atoms with van der Waals surface area (Å²) in [6.45, 7) is 4.32. The van der Waals surface area contributed by atoms with Crippen LogP contribution in [-0.4, -0.2) is 16.6 Å². The lowest BCUT2D eigenvalue weighted by Gasteiger charge is -2.17. The maximum Gasteiger partial charge on any atom is 0.109 e. The second kappa shape index (κ2) is 4.79. The minimum absolute atomic E-state index is 0.916. The van der Waals surface area contributed by atoms with Crippen molar-refractivity contribution in [1.29, 1.82) is 0 Å². The van der Waals surface area contributed by atoms with Crippen LogP contribution < -0.4 is 5.32 Å². The molecule has 3 nitrogen and oxygen atoms in total. The van der Waals surface area contributed by atoms with Crippen LogP contribution >= 0.6 is 0 Å². The highest BCUT2D eigenvalue weighted by atomic mass is 15.1. The lowest BCUT2D eigenvalue weighted by atomic mass is 10.1. The predicted octanol–water partition coefficient (Wildman–Crippen LogP) is 1.89. The van der Waals surface area contributed by atoms with E-state index in [9.17, 15) is 0 Å². The number of rotatable bonds is 4. The molecule has 1 aliphatic rings. The van der Waals surface area contributed by atoms with Crippen molar-refractivity contribution in [2.75, 3.05) is 7.05 Å². The van der Waals surface area contributed by atoms with Gasteiger partial charge in [0.05, 0.1) is 5.69 Å². The van der Waals surface area contributed by atoms with Crippen LogP contribution in [0.5, 0.6) is 0 Å². The molecule has 84 valence electrons. The molecular formula is C12H21N3. The Bertz CT molecular complexity index is 297. The largest absolute Gasteiger partial charge is 0.332 e. The molecule has 0 aromatic carbocycles. The zero-order chi connectivity index (χ0) is 10.7. The summed E-state index contributed by atoms with van der Waals surface area (Å²) in [5.74, 6) is 1.30. The quantitative estimate of drug-likeness (QED) is 0.817. The van der Waals surface area contributed by atoms with Crippen molar-refractivity contribution in [2.45, 2.75) is 52.1 Å². The summed E-state index contributed by atoms with van der Waals surface area (Å²) < 4.78 is 2.46. The van der Waals surface area contributed by atoms with Gasteiger partial charge in [-0.15, -0.1) is 0 Å². The molecule has 0 unspecified atom stereocenters. The SMILES string of the molecule is CCCc1nc(CNC)c2n1CCCC2. The van der Waals surface area contributed by atoms with Crippen molar-refractivity contribution >= 4 is 0 Å². The molecule has 3 heteroatoms. The van der Waals surface area contributed by atoms with Crippen LogP contribution in [0.1, 0.15) is 43.4 Å². The van der Waals surface area contributed by atoms with Gasteiger partial charge in [0.1, 0.15) is 5.82 Å². The van der Waals surface area contributed by atoms with Crippen molar-refractivity contribution in [3.63, 3.8) is 0 Å². The molecule has 0 bridgehead atoms. The Kier molecular flexibility index (Phi) is 3.41. The summed E-state index contributed by atoms with van der Waals surface area (Å²) in [6.07, 6.45) is 6.17. The Morgan fingerprint density at radius 1 is 1.40 bits per heavy atom. The van der Waals surface area contributed by atoms with E-state index < -0.39 is 0 Å². The fourth-order valence-electron chi connectivity index (χ4n) is 2.42. The molecule has 1 aliphatic heterocycles. The average Bonchev–Trinajstić information content (AvgIpc) is 2.59. The molecule has 0 atom stereocenters. The van der Waals surface area contributed by atoms with E-state index in [1.54, 1.807) is 0 Å². The monoisotopic (exact) mass is 207 g/mol. The highest BCUT2D eigenvalue weighted by Crippen LogP contribution is 2.21. The number of nitrogens with one attached hydrogen (secondary N) is 1. The van der Waals surface area contributed by atoms with Crippen LogP contribution in [0.4, 0.5) is 0 Å². The second-order valence-corrected chi connectivity index (χ2v) is 4.31. The molecule has 2 rings (SSSR count). The fraction of sp³-hybridized carbons (Fsp3) is 0.750. The van der Waals surface area contributed by atoms with E-state index >= 15 is 0 Å². The first-order chi connectivity index (χ1) is 7.36. The smallest absolute Gasteiger partial charge is 0.109 e. The van der Waals surface area contributed by atoms with E-state index in [0.717, 1.165) is 13.0 Å². The molecule has 0 amide bonds. The van der Waals surface area contributed by atoms with E-state index in [2.05, 4.69) is 16.8 Å². The summed E-state index contributed by atoms with van der Waals surface area (Å²) in [6, 6.07) is 0. The van der Waals surface area contributed by atoms with Crippen molar-refractivity contribution in [2.24, 2.45) is 0 Å². The van der Waals surface area contributed by atoms with Gasteiger partial charge in [-0.05, 0) is 32.7 Å². The minimum atomic E-state index is 0.916. The van der Waals surface area contributed by atoms with Gasteiger partial charge in [0, 0.05) is 25.2 Å². The zero-order valence-corrected chi connectivity index (χ0v) is 9.84. The summed E-state index contributed by atoms with van der Waals surface area (Å²) >= 11 is 0. The lowest BCUT2D eigenvalue weighted by Crippen LogP contribution is -2.15. The Labute approximate surface area is 91.9 Å². The Balaban J connectivity index is 2.31. The van der Waals surface area contributed by atoms with Crippen molar-refractivity contribution in [3.05, 3.63) is 17.2 Å². The zero-order valence-electron chi connectivity index (χ0n) is 9.84. The van der Waals surface area contributed by atoms with Gasteiger partial charge in [0.25, 0.3) is 0 Å². The molecular weight excluding hydrogens is 186 g/mol. The molecule has 1 aromatic heterocycles. The summed E-state index contributed by atoms with van der Waals surface area (Å²) in [4.78, 5) is 4.77. The third-order valence-corrected chi connectivity index (χ3v) is 3.10. The van der Waals surface area contributed by atoms with Crippen molar-refractivity contribution in [1.82, 2.24) is 14.9 Å². The van der Waals surface area contributed by atoms with Crippen LogP contribution in [-0.2, 0) is 25.9 Å². The standard InChI is InChI=1S/C12H21N3/c1-3-6-12-14-10(9-13-2)11-7-4-5-8-15(11)12/h13H,3-9H2,1-2H3. The van der Waals surface area contributed by atoms with Crippen molar-refractivity contribution in [3.8, 4) is 0 Å². The molecule has 1 aromatic rings. The van der Waals surface area contributed by atoms with Gasteiger partial charge in [0.2, 0.25) is 0 Å². The molecule has 2 heterocycles. The first-order valence-corrected chi connectivity index (χ1v) is 6.08. The molecule has 0 saturated carbocycles. The molecule has 1 N–H and O–H groups in total. The number of nitrogens with zero attached hydrogens (tertiary/aromatic N) is 2. The van der Waals surface area contributed by atoms with Crippen LogP contribution in [0.2, 0.25) is 0 Å². The van der Waals surface area contributed by atoms with E-state index in [1.165, 1.54) is 49.4 Å². The van der Waals surface area contributed by atoms with Crippen LogP contribution in [0, 0.1) is 0 Å². The number of hydrogen-bond donors (Lipinski definition) is 1. The molecule has 0 radical (unpaired) electrons. The number of aryl methyl sites for hydroxylation is 1. The fourth-order valence-corrected chi connectivity index (χ4v) is 2.42. The highest BCUT2D eigenvalue weighted by Gasteiger charge is 2.18. The lowest BCUT2D eigenvalue weighted by molar-refractivity contribution is 0.510. The number of aromatic nitrogens is 2. The Morgan fingerprint density at radius 2 is 2.27 bits per heavy atom. The van der Waals surface area contributed by atoms with Crippen LogP contribution in [0.15, 0.2) is 0 Å². The van der Waals surface area contributed by atoms with Crippen molar-refractivity contribution < 1.29 is 0 Å². The maximum absolute atomic E-state index is 4.77. The summed E-state index contributed by atoms with van der Waals surface area (Å²) in [5.41, 5.74) is 2.76. The second-order valence-electron chi connectivity index (χ2n) is 4.31. The van der Waals surface area contributed by atoms with Crippen LogP contribution in [0.25, 0.3) is 0 Å². The van der Waals surface area contributed by atoms with E-state index in [1.807, 2.05) is 7.05 Å². The van der Waals surface area contributed by atoms with Gasteiger partial charge in [-0.2, -0.15) is 0 Å². The number of fused-ring (bicyclic) bond motifs is 1. The molecule has 0 aliphatic carbocycles. The molecule has 0 saturated heterocycles. The molecule has 15 heavy (non-hydrogen) atoms. The first kappa shape index (κ1) is 10.7. The van der Waals surface area contributed by atoms with Gasteiger partial charge in [-0.1, -0.05) is 6.92 Å². The first-order valence-electron chi connectivity index (χ1n) is 6.08. The molecule has 0 spiro atoms. The van der Waals surface area contributed by atoms with Gasteiger partial charge in [-0.25, -0.2) is 4.98 Å². The Morgan fingerprint density at radius 3 is 3.00 bits per heavy atom. The normalized spacial score (nSPS) is 15.3. The summed E-state index contributed by atoms with van der Waals surface area (Å²) in [7, 11) is 1.99. The molecule has 0 fully saturated rings. The topological polar surface area (TPSA) is 29.9 Å². The average molecular weight is 207 g/mol. The highest BCUT2D eigenvalue weighted by molar-refractivity contribution is 5.19.